The van der Waals surface area contributed by atoms with Crippen LogP contribution in [0.3, 0.4) is 0 Å². The zero-order valence-electron chi connectivity index (χ0n) is 14.1. The van der Waals surface area contributed by atoms with Gasteiger partial charge in [-0.05, 0) is 31.0 Å². The van der Waals surface area contributed by atoms with Crippen molar-refractivity contribution in [3.63, 3.8) is 0 Å². The third-order valence-corrected chi connectivity index (χ3v) is 5.23. The number of anilines is 2. The molecular weight excluding hydrogens is 401 g/mol. The Hall–Kier alpha value is -2.00. The summed E-state index contributed by atoms with van der Waals surface area (Å²) in [5, 5.41) is 3.08. The largest absolute Gasteiger partial charge is 0.416 e. The number of thioether (sulfide) groups is 1. The Labute approximate surface area is 163 Å². The average Bonchev–Trinajstić information content (AvgIpc) is 3.16. The average molecular weight is 417 g/mol. The number of nitrogens with zero attached hydrogens (tertiary/aromatic N) is 3. The second-order valence-corrected chi connectivity index (χ2v) is 7.34. The standard InChI is InChI=1S/C17H16ClF3N4OS/c18-12-4-3-11(17(19,20)21)7-13(12)24-15(26)9-27-16-8-14(22-10-23-16)25-5-1-2-6-25/h3-4,7-8,10H,1-2,5-6,9H2,(H,24,26). The van der Waals surface area contributed by atoms with Gasteiger partial charge < -0.3 is 10.2 Å². The van der Waals surface area contributed by atoms with E-state index in [4.69, 9.17) is 11.6 Å². The van der Waals surface area contributed by atoms with Gasteiger partial charge in [-0.25, -0.2) is 9.97 Å². The predicted octanol–water partition coefficient (Wildman–Crippen LogP) is 4.48. The lowest BCUT2D eigenvalue weighted by atomic mass is 10.2. The summed E-state index contributed by atoms with van der Waals surface area (Å²) in [6.07, 6.45) is -0.831. The Bertz CT molecular complexity index is 828. The van der Waals surface area contributed by atoms with Gasteiger partial charge in [0.2, 0.25) is 5.91 Å². The molecule has 1 aromatic heterocycles. The van der Waals surface area contributed by atoms with Crippen molar-refractivity contribution in [1.82, 2.24) is 9.97 Å². The summed E-state index contributed by atoms with van der Waals surface area (Å²) in [6, 6.07) is 4.61. The summed E-state index contributed by atoms with van der Waals surface area (Å²) >= 11 is 7.07. The smallest absolute Gasteiger partial charge is 0.356 e. The third-order valence-electron chi connectivity index (χ3n) is 3.98. The van der Waals surface area contributed by atoms with E-state index in [0.717, 1.165) is 49.9 Å². The molecule has 0 aliphatic carbocycles. The Morgan fingerprint density at radius 2 is 1.96 bits per heavy atom. The van der Waals surface area contributed by atoms with Crippen LogP contribution in [-0.4, -0.2) is 34.7 Å². The molecule has 3 rings (SSSR count). The Morgan fingerprint density at radius 1 is 1.22 bits per heavy atom. The van der Waals surface area contributed by atoms with Crippen LogP contribution in [0.5, 0.6) is 0 Å². The van der Waals surface area contributed by atoms with Crippen LogP contribution in [0.1, 0.15) is 18.4 Å². The fraction of sp³-hybridized carbons (Fsp3) is 0.353. The molecule has 1 aromatic carbocycles. The van der Waals surface area contributed by atoms with Crippen LogP contribution < -0.4 is 10.2 Å². The highest BCUT2D eigenvalue weighted by Gasteiger charge is 2.31. The highest BCUT2D eigenvalue weighted by atomic mass is 35.5. The molecule has 5 nitrogen and oxygen atoms in total. The minimum atomic E-state index is -4.51. The maximum atomic E-state index is 12.8. The first-order valence-electron chi connectivity index (χ1n) is 8.19. The zero-order valence-corrected chi connectivity index (χ0v) is 15.7. The van der Waals surface area contributed by atoms with E-state index in [1.807, 2.05) is 0 Å². The lowest BCUT2D eigenvalue weighted by Crippen LogP contribution is -2.19. The van der Waals surface area contributed by atoms with Gasteiger partial charge >= 0.3 is 6.18 Å². The second-order valence-electron chi connectivity index (χ2n) is 5.94. The summed E-state index contributed by atoms with van der Waals surface area (Å²) in [7, 11) is 0. The van der Waals surface area contributed by atoms with E-state index in [9.17, 15) is 18.0 Å². The number of alkyl halides is 3. The van der Waals surface area contributed by atoms with Crippen LogP contribution in [0.25, 0.3) is 0 Å². The number of amides is 1. The van der Waals surface area contributed by atoms with Gasteiger partial charge in [0.1, 0.15) is 17.2 Å². The van der Waals surface area contributed by atoms with Crippen molar-refractivity contribution in [3.05, 3.63) is 41.2 Å². The molecule has 27 heavy (non-hydrogen) atoms. The fourth-order valence-corrected chi connectivity index (χ4v) is 3.48. The van der Waals surface area contributed by atoms with Crippen molar-refractivity contribution in [2.24, 2.45) is 0 Å². The van der Waals surface area contributed by atoms with Crippen molar-refractivity contribution < 1.29 is 18.0 Å². The molecule has 1 N–H and O–H groups in total. The minimum absolute atomic E-state index is 0.0109. The number of halogens is 4. The van der Waals surface area contributed by atoms with Gasteiger partial charge in [-0.3, -0.25) is 4.79 Å². The first-order valence-corrected chi connectivity index (χ1v) is 9.56. The van der Waals surface area contributed by atoms with Crippen molar-refractivity contribution >= 4 is 40.8 Å². The van der Waals surface area contributed by atoms with E-state index in [1.165, 1.54) is 18.1 Å². The lowest BCUT2D eigenvalue weighted by Gasteiger charge is -2.16. The van der Waals surface area contributed by atoms with Crippen LogP contribution in [-0.2, 0) is 11.0 Å². The number of carbonyl (C=O) groups is 1. The van der Waals surface area contributed by atoms with E-state index < -0.39 is 17.6 Å². The molecule has 144 valence electrons. The molecule has 0 spiro atoms. The van der Waals surface area contributed by atoms with Crippen LogP contribution in [0.2, 0.25) is 5.02 Å². The van der Waals surface area contributed by atoms with Gasteiger partial charge in [-0.1, -0.05) is 23.4 Å². The lowest BCUT2D eigenvalue weighted by molar-refractivity contribution is -0.137. The maximum absolute atomic E-state index is 12.8. The van der Waals surface area contributed by atoms with Crippen molar-refractivity contribution in [2.75, 3.05) is 29.1 Å². The van der Waals surface area contributed by atoms with Crippen LogP contribution >= 0.6 is 23.4 Å². The predicted molar refractivity (Wildman–Crippen MR) is 99.3 cm³/mol. The van der Waals surface area contributed by atoms with Gasteiger partial charge in [-0.15, -0.1) is 0 Å². The van der Waals surface area contributed by atoms with E-state index >= 15 is 0 Å². The van der Waals surface area contributed by atoms with Crippen LogP contribution in [0.15, 0.2) is 35.6 Å². The van der Waals surface area contributed by atoms with Gasteiger partial charge in [0, 0.05) is 19.2 Å². The molecule has 1 amide bonds. The highest BCUT2D eigenvalue weighted by molar-refractivity contribution is 7.99. The number of carbonyl (C=O) groups excluding carboxylic acids is 1. The van der Waals surface area contributed by atoms with Gasteiger partial charge in [0.05, 0.1) is 22.0 Å². The number of hydrogen-bond donors (Lipinski definition) is 1. The highest BCUT2D eigenvalue weighted by Crippen LogP contribution is 2.34. The maximum Gasteiger partial charge on any atom is 0.416 e. The third kappa shape index (κ3) is 5.26. The summed E-state index contributed by atoms with van der Waals surface area (Å²) in [6.45, 7) is 1.88. The number of rotatable bonds is 5. The molecule has 0 unspecified atom stereocenters. The summed E-state index contributed by atoms with van der Waals surface area (Å²) in [5.74, 6) is 0.331. The van der Waals surface area contributed by atoms with Gasteiger partial charge in [0.15, 0.2) is 0 Å². The first-order chi connectivity index (χ1) is 12.8. The Morgan fingerprint density at radius 3 is 2.67 bits per heavy atom. The topological polar surface area (TPSA) is 58.1 Å². The van der Waals surface area contributed by atoms with Crippen LogP contribution in [0, 0.1) is 0 Å². The molecule has 0 saturated carbocycles. The molecule has 1 saturated heterocycles. The second kappa shape index (κ2) is 8.35. The van der Waals surface area contributed by atoms with Crippen molar-refractivity contribution in [1.29, 1.82) is 0 Å². The molecule has 0 radical (unpaired) electrons. The molecular formula is C17H16ClF3N4OS. The number of benzene rings is 1. The summed E-state index contributed by atoms with van der Waals surface area (Å²) in [5.41, 5.74) is -0.946. The van der Waals surface area contributed by atoms with Gasteiger partial charge in [-0.2, -0.15) is 13.2 Å². The molecule has 1 aliphatic rings. The minimum Gasteiger partial charge on any atom is -0.356 e. The van der Waals surface area contributed by atoms with E-state index in [1.54, 1.807) is 6.07 Å². The summed E-state index contributed by atoms with van der Waals surface area (Å²) < 4.78 is 38.4. The number of nitrogens with one attached hydrogen (secondary N) is 1. The number of hydrogen-bond acceptors (Lipinski definition) is 5. The van der Waals surface area contributed by atoms with E-state index in [2.05, 4.69) is 20.2 Å². The Kier molecular flexibility index (Phi) is 6.11. The van der Waals surface area contributed by atoms with Crippen LogP contribution in [0.4, 0.5) is 24.7 Å². The fourth-order valence-electron chi connectivity index (χ4n) is 2.65. The van der Waals surface area contributed by atoms with E-state index in [-0.39, 0.29) is 16.5 Å². The SMILES string of the molecule is O=C(CSc1cc(N2CCCC2)ncn1)Nc1cc(C(F)(F)F)ccc1Cl. The molecule has 1 aliphatic heterocycles. The molecule has 1 fully saturated rings. The Balaban J connectivity index is 1.61. The normalized spacial score (nSPS) is 14.4. The molecule has 2 heterocycles. The summed E-state index contributed by atoms with van der Waals surface area (Å²) in [4.78, 5) is 22.6. The zero-order chi connectivity index (χ0) is 19.4. The van der Waals surface area contributed by atoms with Crippen molar-refractivity contribution in [2.45, 2.75) is 24.0 Å². The number of aromatic nitrogens is 2. The van der Waals surface area contributed by atoms with Crippen molar-refractivity contribution in [3.8, 4) is 0 Å². The van der Waals surface area contributed by atoms with E-state index in [0.29, 0.717) is 5.03 Å². The first kappa shape index (κ1) is 19.8. The quantitative estimate of drug-likeness (QED) is 0.575. The monoisotopic (exact) mass is 416 g/mol. The molecule has 10 heteroatoms. The molecule has 0 atom stereocenters. The molecule has 2 aromatic rings. The molecule has 0 bridgehead atoms. The van der Waals surface area contributed by atoms with Gasteiger partial charge in [0.25, 0.3) is 0 Å².